The van der Waals surface area contributed by atoms with Gasteiger partial charge in [-0.2, -0.15) is 0 Å². The molecular weight excluding hydrogens is 230 g/mol. The van der Waals surface area contributed by atoms with E-state index in [0.29, 0.717) is 24.4 Å². The van der Waals surface area contributed by atoms with E-state index >= 15 is 0 Å². The molecule has 1 aromatic rings. The maximum atomic E-state index is 11.8. The number of benzene rings is 1. The molecular formula is C14H17NO3. The summed E-state index contributed by atoms with van der Waals surface area (Å²) in [6.45, 7) is 5.29. The first-order valence-electron chi connectivity index (χ1n) is 5.66. The Kier molecular flexibility index (Phi) is 5.11. The summed E-state index contributed by atoms with van der Waals surface area (Å²) in [7, 11) is 1.54. The fourth-order valence-corrected chi connectivity index (χ4v) is 1.58. The molecule has 4 heteroatoms. The highest BCUT2D eigenvalue weighted by Crippen LogP contribution is 2.28. The molecule has 1 aromatic carbocycles. The van der Waals surface area contributed by atoms with E-state index in [1.54, 1.807) is 19.2 Å². The van der Waals surface area contributed by atoms with Crippen molar-refractivity contribution in [1.29, 1.82) is 0 Å². The molecule has 0 atom stereocenters. The lowest BCUT2D eigenvalue weighted by Gasteiger charge is -2.22. The van der Waals surface area contributed by atoms with E-state index in [2.05, 4.69) is 6.58 Å². The largest absolute Gasteiger partial charge is 0.495 e. The third kappa shape index (κ3) is 3.45. The van der Waals surface area contributed by atoms with Gasteiger partial charge in [-0.05, 0) is 25.1 Å². The van der Waals surface area contributed by atoms with Crippen LogP contribution in [0.4, 0.5) is 5.69 Å². The van der Waals surface area contributed by atoms with E-state index in [-0.39, 0.29) is 11.7 Å². The summed E-state index contributed by atoms with van der Waals surface area (Å²) in [6, 6.07) is 7.19. The number of carbonyl (C=O) groups is 2. The van der Waals surface area contributed by atoms with Crippen LogP contribution in [0.2, 0.25) is 0 Å². The Morgan fingerprint density at radius 3 is 2.61 bits per heavy atom. The van der Waals surface area contributed by atoms with Gasteiger partial charge in [0.1, 0.15) is 11.5 Å². The molecule has 0 N–H and O–H groups in total. The number of ether oxygens (including phenoxy) is 1. The Morgan fingerprint density at radius 1 is 1.39 bits per heavy atom. The number of ketones is 1. The van der Waals surface area contributed by atoms with E-state index in [4.69, 9.17) is 4.74 Å². The zero-order chi connectivity index (χ0) is 13.5. The van der Waals surface area contributed by atoms with Gasteiger partial charge >= 0.3 is 0 Å². The number of methoxy groups -OCH3 is 1. The summed E-state index contributed by atoms with van der Waals surface area (Å²) >= 11 is 0. The molecule has 4 nitrogen and oxygen atoms in total. The quantitative estimate of drug-likeness (QED) is 0.724. The molecule has 0 fully saturated rings. The summed E-state index contributed by atoms with van der Waals surface area (Å²) < 4.78 is 5.21. The highest BCUT2D eigenvalue weighted by molar-refractivity contribution is 6.02. The zero-order valence-corrected chi connectivity index (χ0v) is 10.7. The van der Waals surface area contributed by atoms with Crippen molar-refractivity contribution >= 4 is 17.4 Å². The average Bonchev–Trinajstić information content (AvgIpc) is 2.38. The van der Waals surface area contributed by atoms with Crippen molar-refractivity contribution < 1.29 is 14.3 Å². The molecule has 0 saturated heterocycles. The second-order valence-electron chi connectivity index (χ2n) is 3.82. The standard InChI is InChI=1S/C14H17NO3/c1-4-14(17)15(10-9-11(2)16)12-7-5-6-8-13(12)18-3/h4-8H,1,9-10H2,2-3H3. The minimum Gasteiger partial charge on any atom is -0.495 e. The van der Waals surface area contributed by atoms with Crippen LogP contribution < -0.4 is 9.64 Å². The van der Waals surface area contributed by atoms with Crippen LogP contribution in [-0.4, -0.2) is 25.3 Å². The molecule has 0 unspecified atom stereocenters. The monoisotopic (exact) mass is 247 g/mol. The molecule has 0 aromatic heterocycles. The summed E-state index contributed by atoms with van der Waals surface area (Å²) in [6.07, 6.45) is 1.53. The summed E-state index contributed by atoms with van der Waals surface area (Å²) in [5.74, 6) is 0.378. The third-order valence-corrected chi connectivity index (χ3v) is 2.50. The van der Waals surface area contributed by atoms with E-state index in [9.17, 15) is 9.59 Å². The van der Waals surface area contributed by atoms with Crippen molar-refractivity contribution in [3.63, 3.8) is 0 Å². The van der Waals surface area contributed by atoms with Crippen LogP contribution >= 0.6 is 0 Å². The lowest BCUT2D eigenvalue weighted by molar-refractivity contribution is -0.117. The Labute approximate surface area is 107 Å². The van der Waals surface area contributed by atoms with Gasteiger partial charge < -0.3 is 9.64 Å². The molecule has 0 bridgehead atoms. The van der Waals surface area contributed by atoms with Crippen molar-refractivity contribution in [2.24, 2.45) is 0 Å². The zero-order valence-electron chi connectivity index (χ0n) is 10.7. The first-order chi connectivity index (χ1) is 8.60. The number of carbonyl (C=O) groups excluding carboxylic acids is 2. The Balaban J connectivity index is 3.04. The molecule has 96 valence electrons. The van der Waals surface area contributed by atoms with Crippen molar-refractivity contribution in [1.82, 2.24) is 0 Å². The van der Waals surface area contributed by atoms with E-state index in [1.807, 2.05) is 12.1 Å². The number of hydrogen-bond donors (Lipinski definition) is 0. The van der Waals surface area contributed by atoms with Gasteiger partial charge in [0.25, 0.3) is 0 Å². The number of amides is 1. The summed E-state index contributed by atoms with van der Waals surface area (Å²) in [5, 5.41) is 0. The third-order valence-electron chi connectivity index (χ3n) is 2.50. The fraction of sp³-hybridized carbons (Fsp3) is 0.286. The van der Waals surface area contributed by atoms with Crippen LogP contribution in [0.25, 0.3) is 0 Å². The van der Waals surface area contributed by atoms with Crippen LogP contribution in [-0.2, 0) is 9.59 Å². The number of nitrogens with zero attached hydrogens (tertiary/aromatic N) is 1. The molecule has 0 radical (unpaired) electrons. The van der Waals surface area contributed by atoms with Gasteiger partial charge in [0.2, 0.25) is 5.91 Å². The molecule has 18 heavy (non-hydrogen) atoms. The van der Waals surface area contributed by atoms with Gasteiger partial charge in [0.15, 0.2) is 0 Å². The van der Waals surface area contributed by atoms with Crippen molar-refractivity contribution in [2.45, 2.75) is 13.3 Å². The number of Topliss-reactive ketones (excluding diaryl/α,β-unsaturated/α-hetero) is 1. The minimum absolute atomic E-state index is 0.0340. The smallest absolute Gasteiger partial charge is 0.250 e. The normalized spacial score (nSPS) is 9.67. The van der Waals surface area contributed by atoms with Crippen LogP contribution in [0.5, 0.6) is 5.75 Å². The van der Waals surface area contributed by atoms with Crippen LogP contribution in [0.15, 0.2) is 36.9 Å². The van der Waals surface area contributed by atoms with Gasteiger partial charge in [-0.15, -0.1) is 0 Å². The van der Waals surface area contributed by atoms with Crippen LogP contribution in [0.1, 0.15) is 13.3 Å². The van der Waals surface area contributed by atoms with E-state index < -0.39 is 0 Å². The SMILES string of the molecule is C=CC(=O)N(CCC(C)=O)c1ccccc1OC. The molecule has 1 rings (SSSR count). The maximum Gasteiger partial charge on any atom is 0.250 e. The molecule has 0 aliphatic rings. The van der Waals surface area contributed by atoms with Crippen molar-refractivity contribution in [3.8, 4) is 5.75 Å². The van der Waals surface area contributed by atoms with Gasteiger partial charge in [-0.3, -0.25) is 9.59 Å². The predicted octanol–water partition coefficient (Wildman–Crippen LogP) is 2.19. The summed E-state index contributed by atoms with van der Waals surface area (Å²) in [5.41, 5.74) is 0.645. The number of rotatable bonds is 6. The highest BCUT2D eigenvalue weighted by atomic mass is 16.5. The molecule has 0 spiro atoms. The number of anilines is 1. The van der Waals surface area contributed by atoms with E-state index in [1.165, 1.54) is 17.9 Å². The minimum atomic E-state index is -0.249. The maximum absolute atomic E-state index is 11.8. The van der Waals surface area contributed by atoms with Crippen LogP contribution in [0, 0.1) is 0 Å². The highest BCUT2D eigenvalue weighted by Gasteiger charge is 2.16. The number of para-hydroxylation sites is 2. The number of hydrogen-bond acceptors (Lipinski definition) is 3. The Bertz CT molecular complexity index is 454. The molecule has 0 heterocycles. The molecule has 0 aliphatic carbocycles. The van der Waals surface area contributed by atoms with Crippen molar-refractivity contribution in [3.05, 3.63) is 36.9 Å². The van der Waals surface area contributed by atoms with Gasteiger partial charge in [-0.1, -0.05) is 18.7 Å². The van der Waals surface area contributed by atoms with Crippen LogP contribution in [0.3, 0.4) is 0 Å². The average molecular weight is 247 g/mol. The lowest BCUT2D eigenvalue weighted by atomic mass is 10.2. The van der Waals surface area contributed by atoms with Gasteiger partial charge in [-0.25, -0.2) is 0 Å². The van der Waals surface area contributed by atoms with Gasteiger partial charge in [0, 0.05) is 13.0 Å². The Hall–Kier alpha value is -2.10. The first kappa shape index (κ1) is 14.0. The second kappa shape index (κ2) is 6.59. The second-order valence-corrected chi connectivity index (χ2v) is 3.82. The predicted molar refractivity (Wildman–Crippen MR) is 70.8 cm³/mol. The lowest BCUT2D eigenvalue weighted by Crippen LogP contribution is -2.31. The van der Waals surface area contributed by atoms with Crippen molar-refractivity contribution in [2.75, 3.05) is 18.6 Å². The first-order valence-corrected chi connectivity index (χ1v) is 5.66. The molecule has 1 amide bonds. The molecule has 0 saturated carbocycles. The topological polar surface area (TPSA) is 46.6 Å². The van der Waals surface area contributed by atoms with E-state index in [0.717, 1.165) is 0 Å². The summed E-state index contributed by atoms with van der Waals surface area (Å²) in [4.78, 5) is 24.4. The molecule has 0 aliphatic heterocycles. The fourth-order valence-electron chi connectivity index (χ4n) is 1.58. The van der Waals surface area contributed by atoms with Gasteiger partial charge in [0.05, 0.1) is 12.8 Å². The Morgan fingerprint density at radius 2 is 2.06 bits per heavy atom.